The number of carbonyl (C=O) groups is 1. The van der Waals surface area contributed by atoms with Gasteiger partial charge in [-0.15, -0.1) is 0 Å². The first-order valence-electron chi connectivity index (χ1n) is 6.81. The first-order chi connectivity index (χ1) is 9.79. The second kappa shape index (κ2) is 6.13. The number of ether oxygens (including phenoxy) is 1. The molecule has 0 aromatic heterocycles. The summed E-state index contributed by atoms with van der Waals surface area (Å²) in [6, 6.07) is 2.77. The van der Waals surface area contributed by atoms with Crippen molar-refractivity contribution in [3.05, 3.63) is 28.8 Å². The van der Waals surface area contributed by atoms with Gasteiger partial charge in [-0.25, -0.2) is 13.6 Å². The average molecular weight is 312 g/mol. The molecule has 1 unspecified atom stereocenters. The van der Waals surface area contributed by atoms with Crippen LogP contribution >= 0.6 is 0 Å². The van der Waals surface area contributed by atoms with Crippen LogP contribution in [0.4, 0.5) is 0 Å². The van der Waals surface area contributed by atoms with Crippen molar-refractivity contribution in [2.24, 2.45) is 5.14 Å². The maximum Gasteiger partial charge on any atom is 0.251 e. The van der Waals surface area contributed by atoms with Crippen molar-refractivity contribution >= 4 is 15.9 Å². The van der Waals surface area contributed by atoms with Crippen molar-refractivity contribution in [2.75, 3.05) is 13.2 Å². The number of primary sulfonamides is 1. The topological polar surface area (TPSA) is 98.5 Å². The largest absolute Gasteiger partial charge is 0.379 e. The molecule has 1 aliphatic heterocycles. The van der Waals surface area contributed by atoms with E-state index in [0.717, 1.165) is 18.4 Å². The molecule has 7 heteroatoms. The molecule has 1 atom stereocenters. The zero-order valence-electron chi connectivity index (χ0n) is 12.2. The molecule has 0 spiro atoms. The van der Waals surface area contributed by atoms with Crippen molar-refractivity contribution in [1.29, 1.82) is 0 Å². The predicted molar refractivity (Wildman–Crippen MR) is 78.6 cm³/mol. The number of hydrogen-bond acceptors (Lipinski definition) is 4. The lowest BCUT2D eigenvalue weighted by atomic mass is 10.0. The fourth-order valence-electron chi connectivity index (χ4n) is 2.34. The highest BCUT2D eigenvalue weighted by Gasteiger charge is 2.21. The zero-order chi connectivity index (χ0) is 15.6. The molecule has 0 aliphatic carbocycles. The first kappa shape index (κ1) is 15.9. The van der Waals surface area contributed by atoms with Gasteiger partial charge < -0.3 is 10.1 Å². The van der Waals surface area contributed by atoms with Crippen LogP contribution in [0.1, 0.15) is 34.3 Å². The Morgan fingerprint density at radius 2 is 2.10 bits per heavy atom. The van der Waals surface area contributed by atoms with Crippen LogP contribution in [0, 0.1) is 13.8 Å². The Kier molecular flexibility index (Phi) is 4.65. The van der Waals surface area contributed by atoms with Gasteiger partial charge in [0.05, 0.1) is 17.5 Å². The van der Waals surface area contributed by atoms with Gasteiger partial charge in [0, 0.05) is 12.2 Å². The van der Waals surface area contributed by atoms with Gasteiger partial charge in [-0.2, -0.15) is 0 Å². The summed E-state index contributed by atoms with van der Waals surface area (Å²) in [4.78, 5) is 12.3. The van der Waals surface area contributed by atoms with E-state index in [4.69, 9.17) is 9.88 Å². The van der Waals surface area contributed by atoms with Crippen LogP contribution in [0.25, 0.3) is 0 Å². The number of rotatable bonds is 3. The minimum atomic E-state index is -3.84. The molecule has 3 N–H and O–H groups in total. The summed E-state index contributed by atoms with van der Waals surface area (Å²) in [5, 5.41) is 8.03. The van der Waals surface area contributed by atoms with Gasteiger partial charge in [0.2, 0.25) is 10.0 Å². The lowest BCUT2D eigenvalue weighted by molar-refractivity contribution is 0.0623. The molecule has 116 valence electrons. The van der Waals surface area contributed by atoms with Crippen LogP contribution in [-0.2, 0) is 14.8 Å². The third-order valence-corrected chi connectivity index (χ3v) is 4.60. The SMILES string of the molecule is Cc1cc(S(N)(=O)=O)cc(C(=O)NC2CCCOC2)c1C. The highest BCUT2D eigenvalue weighted by molar-refractivity contribution is 7.89. The fraction of sp³-hybridized carbons (Fsp3) is 0.500. The van der Waals surface area contributed by atoms with Crippen LogP contribution in [0.3, 0.4) is 0 Å². The molecule has 2 rings (SSSR count). The van der Waals surface area contributed by atoms with Gasteiger partial charge in [-0.05, 0) is 49.9 Å². The van der Waals surface area contributed by atoms with E-state index in [9.17, 15) is 13.2 Å². The molecule has 0 bridgehead atoms. The third kappa shape index (κ3) is 3.81. The number of nitrogens with two attached hydrogens (primary N) is 1. The van der Waals surface area contributed by atoms with Gasteiger partial charge in [0.1, 0.15) is 0 Å². The molecule has 1 heterocycles. The average Bonchev–Trinajstić information content (AvgIpc) is 2.41. The zero-order valence-corrected chi connectivity index (χ0v) is 13.0. The van der Waals surface area contributed by atoms with Gasteiger partial charge in [0.25, 0.3) is 5.91 Å². The maximum atomic E-state index is 12.4. The molecule has 1 saturated heterocycles. The van der Waals surface area contributed by atoms with Crippen LogP contribution in [0.15, 0.2) is 17.0 Å². The molecule has 0 radical (unpaired) electrons. The van der Waals surface area contributed by atoms with Crippen molar-refractivity contribution in [2.45, 2.75) is 37.6 Å². The van der Waals surface area contributed by atoms with Crippen molar-refractivity contribution in [3.8, 4) is 0 Å². The Balaban J connectivity index is 2.29. The van der Waals surface area contributed by atoms with E-state index in [-0.39, 0.29) is 16.8 Å². The summed E-state index contributed by atoms with van der Waals surface area (Å²) >= 11 is 0. The molecule has 6 nitrogen and oxygen atoms in total. The minimum Gasteiger partial charge on any atom is -0.379 e. The Labute approximate surface area is 124 Å². The summed E-state index contributed by atoms with van der Waals surface area (Å²) < 4.78 is 28.3. The summed E-state index contributed by atoms with van der Waals surface area (Å²) in [5.41, 5.74) is 1.80. The van der Waals surface area contributed by atoms with Gasteiger partial charge in [0.15, 0.2) is 0 Å². The molecular weight excluding hydrogens is 292 g/mol. The van der Waals surface area contributed by atoms with Crippen LogP contribution in [-0.4, -0.2) is 33.6 Å². The number of aryl methyl sites for hydroxylation is 1. The summed E-state index contributed by atoms with van der Waals surface area (Å²) in [6.07, 6.45) is 1.76. The van der Waals surface area contributed by atoms with Gasteiger partial charge in [-0.1, -0.05) is 0 Å². The van der Waals surface area contributed by atoms with Crippen molar-refractivity contribution in [3.63, 3.8) is 0 Å². The number of carbonyl (C=O) groups excluding carboxylic acids is 1. The lowest BCUT2D eigenvalue weighted by Crippen LogP contribution is -2.41. The third-order valence-electron chi connectivity index (χ3n) is 3.71. The van der Waals surface area contributed by atoms with Crippen LogP contribution < -0.4 is 10.5 Å². The highest BCUT2D eigenvalue weighted by Crippen LogP contribution is 2.19. The van der Waals surface area contributed by atoms with Crippen LogP contribution in [0.5, 0.6) is 0 Å². The Morgan fingerprint density at radius 3 is 2.67 bits per heavy atom. The quantitative estimate of drug-likeness (QED) is 0.864. The number of hydrogen-bond donors (Lipinski definition) is 2. The Hall–Kier alpha value is -1.44. The molecule has 1 fully saturated rings. The fourth-order valence-corrected chi connectivity index (χ4v) is 2.97. The molecule has 1 aromatic rings. The van der Waals surface area contributed by atoms with E-state index >= 15 is 0 Å². The number of nitrogens with one attached hydrogen (secondary N) is 1. The smallest absolute Gasteiger partial charge is 0.251 e. The first-order valence-corrected chi connectivity index (χ1v) is 8.36. The molecular formula is C14H20N2O4S. The van der Waals surface area contributed by atoms with Crippen molar-refractivity contribution in [1.82, 2.24) is 5.32 Å². The van der Waals surface area contributed by atoms with E-state index < -0.39 is 10.0 Å². The second-order valence-corrected chi connectivity index (χ2v) is 6.91. The Bertz CT molecular complexity index is 649. The van der Waals surface area contributed by atoms with E-state index in [0.29, 0.717) is 24.3 Å². The highest BCUT2D eigenvalue weighted by atomic mass is 32.2. The van der Waals surface area contributed by atoms with Crippen molar-refractivity contribution < 1.29 is 17.9 Å². The number of benzene rings is 1. The molecule has 1 amide bonds. The van der Waals surface area contributed by atoms with Crippen LogP contribution in [0.2, 0.25) is 0 Å². The Morgan fingerprint density at radius 1 is 1.38 bits per heavy atom. The van der Waals surface area contributed by atoms with E-state index in [1.165, 1.54) is 12.1 Å². The summed E-state index contributed by atoms with van der Waals surface area (Å²) in [5.74, 6) is -0.295. The van der Waals surface area contributed by atoms with Gasteiger partial charge >= 0.3 is 0 Å². The minimum absolute atomic E-state index is 0.0379. The van der Waals surface area contributed by atoms with E-state index in [2.05, 4.69) is 5.32 Å². The number of sulfonamides is 1. The summed E-state index contributed by atoms with van der Waals surface area (Å²) in [6.45, 7) is 4.74. The van der Waals surface area contributed by atoms with E-state index in [1.807, 2.05) is 0 Å². The maximum absolute atomic E-state index is 12.4. The predicted octanol–water partition coefficient (Wildman–Crippen LogP) is 0.860. The number of amides is 1. The molecule has 1 aromatic carbocycles. The monoisotopic (exact) mass is 312 g/mol. The molecule has 1 aliphatic rings. The standard InChI is InChI=1S/C14H20N2O4S/c1-9-6-12(21(15,18)19)7-13(10(9)2)14(17)16-11-4-3-5-20-8-11/h6-7,11H,3-5,8H2,1-2H3,(H,16,17)(H2,15,18,19). The second-order valence-electron chi connectivity index (χ2n) is 5.35. The van der Waals surface area contributed by atoms with Gasteiger partial charge in [-0.3, -0.25) is 4.79 Å². The summed E-state index contributed by atoms with van der Waals surface area (Å²) in [7, 11) is -3.84. The molecule has 21 heavy (non-hydrogen) atoms. The molecule has 0 saturated carbocycles. The van der Waals surface area contributed by atoms with E-state index in [1.54, 1.807) is 13.8 Å². The lowest BCUT2D eigenvalue weighted by Gasteiger charge is -2.23. The normalized spacial score (nSPS) is 19.3.